The molecule has 1 aliphatic rings. The summed E-state index contributed by atoms with van der Waals surface area (Å²) in [4.78, 5) is 4.43. The molecule has 0 atom stereocenters. The van der Waals surface area contributed by atoms with Gasteiger partial charge < -0.3 is 9.88 Å². The standard InChI is InChI=1S/C15H18ClN3/c16-12-6-8-13(9-7-12)18-15-17-10-11-19(15)14-4-2-1-3-5-14/h6-11,14H,1-5H2,(H,17,18). The van der Waals surface area contributed by atoms with Crippen LogP contribution in [0.4, 0.5) is 11.6 Å². The molecule has 0 aliphatic heterocycles. The lowest BCUT2D eigenvalue weighted by atomic mass is 9.95. The molecule has 3 rings (SSSR count). The predicted octanol–water partition coefficient (Wildman–Crippen LogP) is 4.79. The zero-order chi connectivity index (χ0) is 13.1. The van der Waals surface area contributed by atoms with Gasteiger partial charge in [0.25, 0.3) is 0 Å². The van der Waals surface area contributed by atoms with E-state index in [9.17, 15) is 0 Å². The zero-order valence-electron chi connectivity index (χ0n) is 10.8. The summed E-state index contributed by atoms with van der Waals surface area (Å²) in [5.41, 5.74) is 1.02. The van der Waals surface area contributed by atoms with Crippen molar-refractivity contribution < 1.29 is 0 Å². The van der Waals surface area contributed by atoms with E-state index in [1.54, 1.807) is 0 Å². The number of aromatic nitrogens is 2. The van der Waals surface area contributed by atoms with Crippen LogP contribution in [0.25, 0.3) is 0 Å². The number of hydrogen-bond donors (Lipinski definition) is 1. The van der Waals surface area contributed by atoms with Gasteiger partial charge in [0.15, 0.2) is 0 Å². The number of nitrogens with one attached hydrogen (secondary N) is 1. The van der Waals surface area contributed by atoms with Crippen LogP contribution in [-0.4, -0.2) is 9.55 Å². The molecule has 3 nitrogen and oxygen atoms in total. The molecule has 0 bridgehead atoms. The first-order chi connectivity index (χ1) is 9.33. The van der Waals surface area contributed by atoms with Crippen LogP contribution in [-0.2, 0) is 0 Å². The second-order valence-electron chi connectivity index (χ2n) is 5.08. The molecule has 1 fully saturated rings. The number of nitrogens with zero attached hydrogens (tertiary/aromatic N) is 2. The Hall–Kier alpha value is -1.48. The predicted molar refractivity (Wildman–Crippen MR) is 79.1 cm³/mol. The lowest BCUT2D eigenvalue weighted by Gasteiger charge is -2.24. The summed E-state index contributed by atoms with van der Waals surface area (Å²) in [5, 5.41) is 4.12. The maximum Gasteiger partial charge on any atom is 0.207 e. The number of anilines is 2. The molecule has 4 heteroatoms. The third kappa shape index (κ3) is 2.92. The van der Waals surface area contributed by atoms with Gasteiger partial charge in [-0.15, -0.1) is 0 Å². The Morgan fingerprint density at radius 3 is 2.58 bits per heavy atom. The van der Waals surface area contributed by atoms with E-state index in [1.165, 1.54) is 32.1 Å². The van der Waals surface area contributed by atoms with Crippen molar-refractivity contribution in [2.45, 2.75) is 38.1 Å². The maximum absolute atomic E-state index is 5.90. The summed E-state index contributed by atoms with van der Waals surface area (Å²) in [7, 11) is 0. The Labute approximate surface area is 118 Å². The summed E-state index contributed by atoms with van der Waals surface area (Å²) >= 11 is 5.90. The molecule has 1 heterocycles. The molecule has 19 heavy (non-hydrogen) atoms. The van der Waals surface area contributed by atoms with Gasteiger partial charge in [-0.2, -0.15) is 0 Å². The van der Waals surface area contributed by atoms with Gasteiger partial charge in [0, 0.05) is 29.1 Å². The van der Waals surface area contributed by atoms with Gasteiger partial charge in [-0.05, 0) is 37.1 Å². The molecule has 2 aromatic rings. The van der Waals surface area contributed by atoms with Crippen LogP contribution in [0.1, 0.15) is 38.1 Å². The second kappa shape index (κ2) is 5.66. The number of imidazole rings is 1. The first kappa shape index (κ1) is 12.5. The SMILES string of the molecule is Clc1ccc(Nc2nccn2C2CCCCC2)cc1. The van der Waals surface area contributed by atoms with Crippen LogP contribution in [0.5, 0.6) is 0 Å². The van der Waals surface area contributed by atoms with Gasteiger partial charge >= 0.3 is 0 Å². The maximum atomic E-state index is 5.90. The molecule has 1 aromatic heterocycles. The van der Waals surface area contributed by atoms with E-state index in [0.717, 1.165) is 16.7 Å². The molecule has 1 aliphatic carbocycles. The molecule has 0 saturated heterocycles. The van der Waals surface area contributed by atoms with E-state index in [4.69, 9.17) is 11.6 Å². The largest absolute Gasteiger partial charge is 0.326 e. The highest BCUT2D eigenvalue weighted by Gasteiger charge is 2.17. The van der Waals surface area contributed by atoms with Crippen molar-refractivity contribution in [3.63, 3.8) is 0 Å². The molecular weight excluding hydrogens is 258 g/mol. The van der Waals surface area contributed by atoms with Crippen molar-refractivity contribution in [2.75, 3.05) is 5.32 Å². The quantitative estimate of drug-likeness (QED) is 0.873. The third-order valence-electron chi connectivity index (χ3n) is 3.74. The second-order valence-corrected chi connectivity index (χ2v) is 5.52. The van der Waals surface area contributed by atoms with Crippen LogP contribution in [0, 0.1) is 0 Å². The van der Waals surface area contributed by atoms with E-state index in [0.29, 0.717) is 6.04 Å². The van der Waals surface area contributed by atoms with Crippen molar-refractivity contribution in [1.29, 1.82) is 0 Å². The summed E-state index contributed by atoms with van der Waals surface area (Å²) in [6, 6.07) is 8.31. The van der Waals surface area contributed by atoms with Gasteiger partial charge in [0.2, 0.25) is 5.95 Å². The number of benzene rings is 1. The fourth-order valence-electron chi connectivity index (χ4n) is 2.73. The van der Waals surface area contributed by atoms with Crippen LogP contribution in [0.2, 0.25) is 5.02 Å². The minimum atomic E-state index is 0.589. The van der Waals surface area contributed by atoms with Gasteiger partial charge in [0.1, 0.15) is 0 Å². The average molecular weight is 276 g/mol. The van der Waals surface area contributed by atoms with Gasteiger partial charge in [-0.25, -0.2) is 4.98 Å². The molecule has 100 valence electrons. The van der Waals surface area contributed by atoms with E-state index in [-0.39, 0.29) is 0 Å². The Morgan fingerprint density at radius 2 is 1.84 bits per heavy atom. The summed E-state index contributed by atoms with van der Waals surface area (Å²) in [6.45, 7) is 0. The molecule has 0 radical (unpaired) electrons. The van der Waals surface area contributed by atoms with Crippen LogP contribution in [0.15, 0.2) is 36.7 Å². The summed E-state index contributed by atoms with van der Waals surface area (Å²) < 4.78 is 2.27. The minimum absolute atomic E-state index is 0.589. The van der Waals surface area contributed by atoms with Crippen LogP contribution < -0.4 is 5.32 Å². The number of hydrogen-bond acceptors (Lipinski definition) is 2. The minimum Gasteiger partial charge on any atom is -0.326 e. The van der Waals surface area contributed by atoms with Gasteiger partial charge in [-0.3, -0.25) is 0 Å². The highest BCUT2D eigenvalue weighted by atomic mass is 35.5. The molecule has 0 spiro atoms. The molecule has 1 N–H and O–H groups in total. The zero-order valence-corrected chi connectivity index (χ0v) is 11.6. The van der Waals surface area contributed by atoms with Crippen LogP contribution >= 0.6 is 11.6 Å². The average Bonchev–Trinajstić information content (AvgIpc) is 2.90. The van der Waals surface area contributed by atoms with Crippen LogP contribution in [0.3, 0.4) is 0 Å². The van der Waals surface area contributed by atoms with E-state index in [2.05, 4.69) is 21.1 Å². The van der Waals surface area contributed by atoms with E-state index >= 15 is 0 Å². The highest BCUT2D eigenvalue weighted by Crippen LogP contribution is 2.31. The van der Waals surface area contributed by atoms with Gasteiger partial charge in [0.05, 0.1) is 0 Å². The monoisotopic (exact) mass is 275 g/mol. The molecule has 0 unspecified atom stereocenters. The van der Waals surface area contributed by atoms with Crippen molar-refractivity contribution >= 4 is 23.2 Å². The van der Waals surface area contributed by atoms with Crippen molar-refractivity contribution in [3.8, 4) is 0 Å². The normalized spacial score (nSPS) is 16.5. The molecule has 1 saturated carbocycles. The molecule has 1 aromatic carbocycles. The topological polar surface area (TPSA) is 29.9 Å². The van der Waals surface area contributed by atoms with E-state index < -0.39 is 0 Å². The Morgan fingerprint density at radius 1 is 1.11 bits per heavy atom. The summed E-state index contributed by atoms with van der Waals surface area (Å²) in [5.74, 6) is 0.925. The number of rotatable bonds is 3. The smallest absolute Gasteiger partial charge is 0.207 e. The van der Waals surface area contributed by atoms with Crippen molar-refractivity contribution in [1.82, 2.24) is 9.55 Å². The fourth-order valence-corrected chi connectivity index (χ4v) is 2.85. The van der Waals surface area contributed by atoms with E-state index in [1.807, 2.05) is 30.5 Å². The van der Waals surface area contributed by atoms with Crippen molar-refractivity contribution in [2.24, 2.45) is 0 Å². The Bertz CT molecular complexity index is 527. The lowest BCUT2D eigenvalue weighted by molar-refractivity contribution is 0.356. The Kier molecular flexibility index (Phi) is 3.74. The first-order valence-electron chi connectivity index (χ1n) is 6.88. The summed E-state index contributed by atoms with van der Waals surface area (Å²) in [6.07, 6.45) is 10.5. The number of halogens is 1. The van der Waals surface area contributed by atoms with Crippen molar-refractivity contribution in [3.05, 3.63) is 41.7 Å². The molecule has 0 amide bonds. The first-order valence-corrected chi connectivity index (χ1v) is 7.26. The van der Waals surface area contributed by atoms with Gasteiger partial charge in [-0.1, -0.05) is 30.9 Å². The lowest BCUT2D eigenvalue weighted by Crippen LogP contribution is -2.14. The Balaban J connectivity index is 1.77. The fraction of sp³-hybridized carbons (Fsp3) is 0.400. The third-order valence-corrected chi connectivity index (χ3v) is 3.99. The highest BCUT2D eigenvalue weighted by molar-refractivity contribution is 6.30. The molecular formula is C15H18ClN3.